The molecule has 1 unspecified atom stereocenters. The van der Waals surface area contributed by atoms with Crippen molar-refractivity contribution in [3.05, 3.63) is 17.5 Å². The van der Waals surface area contributed by atoms with Crippen LogP contribution in [-0.2, 0) is 24.8 Å². The summed E-state index contributed by atoms with van der Waals surface area (Å²) in [7, 11) is 1.93. The molecule has 96 valence electrons. The van der Waals surface area contributed by atoms with Crippen molar-refractivity contribution in [3.8, 4) is 0 Å². The second kappa shape index (κ2) is 5.16. The fourth-order valence-electron chi connectivity index (χ4n) is 2.19. The zero-order valence-electron chi connectivity index (χ0n) is 10.6. The van der Waals surface area contributed by atoms with Crippen LogP contribution in [0.5, 0.6) is 0 Å². The fourth-order valence-corrected chi connectivity index (χ4v) is 2.19. The van der Waals surface area contributed by atoms with Crippen molar-refractivity contribution in [1.29, 1.82) is 0 Å². The maximum absolute atomic E-state index is 10.1. The molecule has 1 aliphatic rings. The molecular weight excluding hydrogens is 218 g/mol. The molecule has 0 aliphatic carbocycles. The van der Waals surface area contributed by atoms with Crippen molar-refractivity contribution in [3.63, 3.8) is 0 Å². The predicted octanol–water partition coefficient (Wildman–Crippen LogP) is 0.223. The van der Waals surface area contributed by atoms with E-state index in [1.807, 2.05) is 17.9 Å². The van der Waals surface area contributed by atoms with E-state index in [0.717, 1.165) is 18.7 Å². The Morgan fingerprint density at radius 2 is 2.47 bits per heavy atom. The van der Waals surface area contributed by atoms with Crippen LogP contribution in [0.1, 0.15) is 24.6 Å². The highest BCUT2D eigenvalue weighted by Crippen LogP contribution is 2.17. The van der Waals surface area contributed by atoms with E-state index < -0.39 is 5.60 Å². The monoisotopic (exact) mass is 239 g/mol. The largest absolute Gasteiger partial charge is 0.386 e. The second-order valence-corrected chi connectivity index (χ2v) is 4.76. The number of hydrogen-bond acceptors (Lipinski definition) is 4. The summed E-state index contributed by atoms with van der Waals surface area (Å²) in [6.45, 7) is 4.52. The van der Waals surface area contributed by atoms with Gasteiger partial charge in [0.2, 0.25) is 0 Å². The minimum absolute atomic E-state index is 0.438. The van der Waals surface area contributed by atoms with E-state index in [1.165, 1.54) is 5.56 Å². The average molecular weight is 239 g/mol. The van der Waals surface area contributed by atoms with Crippen LogP contribution in [0.3, 0.4) is 0 Å². The highest BCUT2D eigenvalue weighted by molar-refractivity contribution is 5.16. The molecule has 0 saturated carbocycles. The molecule has 0 radical (unpaired) electrons. The Morgan fingerprint density at radius 3 is 3.12 bits per heavy atom. The van der Waals surface area contributed by atoms with E-state index >= 15 is 0 Å². The van der Waals surface area contributed by atoms with Crippen molar-refractivity contribution < 1.29 is 9.84 Å². The molecule has 2 heterocycles. The summed E-state index contributed by atoms with van der Waals surface area (Å²) in [6.07, 6.45) is 3.68. The molecule has 17 heavy (non-hydrogen) atoms. The van der Waals surface area contributed by atoms with Gasteiger partial charge in [-0.3, -0.25) is 4.68 Å². The van der Waals surface area contributed by atoms with Gasteiger partial charge in [0.15, 0.2) is 0 Å². The molecule has 1 fully saturated rings. The SMILES string of the molecule is CCc1nn(C)cc1CNCC1(O)CCOC1. The number of hydrogen-bond donors (Lipinski definition) is 2. The minimum atomic E-state index is -0.686. The van der Waals surface area contributed by atoms with Crippen LogP contribution < -0.4 is 5.32 Å². The van der Waals surface area contributed by atoms with E-state index in [9.17, 15) is 5.11 Å². The topological polar surface area (TPSA) is 59.3 Å². The molecule has 2 N–H and O–H groups in total. The Morgan fingerprint density at radius 1 is 1.65 bits per heavy atom. The van der Waals surface area contributed by atoms with E-state index in [0.29, 0.717) is 26.2 Å². The summed E-state index contributed by atoms with van der Waals surface area (Å²) in [5, 5.41) is 17.8. The van der Waals surface area contributed by atoms with Gasteiger partial charge in [-0.15, -0.1) is 0 Å². The third kappa shape index (κ3) is 3.06. The molecule has 1 aromatic rings. The zero-order valence-corrected chi connectivity index (χ0v) is 10.6. The van der Waals surface area contributed by atoms with Crippen LogP contribution in [0.25, 0.3) is 0 Å². The summed E-state index contributed by atoms with van der Waals surface area (Å²) >= 11 is 0. The number of aliphatic hydroxyl groups is 1. The predicted molar refractivity (Wildman–Crippen MR) is 64.7 cm³/mol. The fraction of sp³-hybridized carbons (Fsp3) is 0.750. The number of aryl methyl sites for hydroxylation is 2. The maximum atomic E-state index is 10.1. The van der Waals surface area contributed by atoms with Gasteiger partial charge in [0.05, 0.1) is 12.3 Å². The first-order chi connectivity index (χ1) is 8.13. The standard InChI is InChI=1S/C12H21N3O2/c1-3-11-10(7-15(2)14-11)6-13-8-12(16)4-5-17-9-12/h7,13,16H,3-6,8-9H2,1-2H3. The van der Waals surface area contributed by atoms with E-state index in [-0.39, 0.29) is 0 Å². The van der Waals surface area contributed by atoms with Crippen molar-refractivity contribution in [2.24, 2.45) is 7.05 Å². The number of nitrogens with one attached hydrogen (secondary N) is 1. The molecule has 5 heteroatoms. The van der Waals surface area contributed by atoms with Gasteiger partial charge in [-0.05, 0) is 6.42 Å². The van der Waals surface area contributed by atoms with Crippen LogP contribution in [-0.4, -0.2) is 40.2 Å². The van der Waals surface area contributed by atoms with Gasteiger partial charge in [-0.2, -0.15) is 5.10 Å². The summed E-state index contributed by atoms with van der Waals surface area (Å²) < 4.78 is 7.04. The van der Waals surface area contributed by atoms with Gasteiger partial charge in [-0.1, -0.05) is 6.92 Å². The van der Waals surface area contributed by atoms with Crippen LogP contribution in [0.4, 0.5) is 0 Å². The van der Waals surface area contributed by atoms with Crippen molar-refractivity contribution in [1.82, 2.24) is 15.1 Å². The second-order valence-electron chi connectivity index (χ2n) is 4.76. The van der Waals surface area contributed by atoms with E-state index in [2.05, 4.69) is 17.3 Å². The first-order valence-corrected chi connectivity index (χ1v) is 6.15. The lowest BCUT2D eigenvalue weighted by Gasteiger charge is -2.20. The van der Waals surface area contributed by atoms with Crippen LogP contribution in [0.15, 0.2) is 6.20 Å². The normalized spacial score (nSPS) is 24.4. The Hall–Kier alpha value is -0.910. The molecule has 1 aromatic heterocycles. The molecule has 0 aromatic carbocycles. The lowest BCUT2D eigenvalue weighted by molar-refractivity contribution is 0.0268. The quantitative estimate of drug-likeness (QED) is 0.772. The van der Waals surface area contributed by atoms with E-state index in [1.54, 1.807) is 0 Å². The lowest BCUT2D eigenvalue weighted by atomic mass is 10.0. The minimum Gasteiger partial charge on any atom is -0.386 e. The molecule has 1 aliphatic heterocycles. The molecule has 0 bridgehead atoms. The third-order valence-electron chi connectivity index (χ3n) is 3.18. The van der Waals surface area contributed by atoms with Crippen molar-refractivity contribution in [2.75, 3.05) is 19.8 Å². The Labute approximate surface area is 102 Å². The average Bonchev–Trinajstić information content (AvgIpc) is 2.86. The van der Waals surface area contributed by atoms with Crippen LogP contribution in [0, 0.1) is 0 Å². The molecular formula is C12H21N3O2. The van der Waals surface area contributed by atoms with Gasteiger partial charge >= 0.3 is 0 Å². The summed E-state index contributed by atoms with van der Waals surface area (Å²) in [4.78, 5) is 0. The summed E-state index contributed by atoms with van der Waals surface area (Å²) in [5.41, 5.74) is 1.64. The molecule has 0 spiro atoms. The number of rotatable bonds is 5. The number of nitrogens with zero attached hydrogens (tertiary/aromatic N) is 2. The third-order valence-corrected chi connectivity index (χ3v) is 3.18. The van der Waals surface area contributed by atoms with Gasteiger partial charge < -0.3 is 15.2 Å². The summed E-state index contributed by atoms with van der Waals surface area (Å²) in [5.74, 6) is 0. The van der Waals surface area contributed by atoms with Gasteiger partial charge in [0.25, 0.3) is 0 Å². The van der Waals surface area contributed by atoms with Crippen LogP contribution in [0.2, 0.25) is 0 Å². The molecule has 1 saturated heterocycles. The molecule has 5 nitrogen and oxygen atoms in total. The number of ether oxygens (including phenoxy) is 1. The Balaban J connectivity index is 1.85. The Bertz CT molecular complexity index is 370. The molecule has 1 atom stereocenters. The van der Waals surface area contributed by atoms with Crippen molar-refractivity contribution >= 4 is 0 Å². The molecule has 2 rings (SSSR count). The highest BCUT2D eigenvalue weighted by Gasteiger charge is 2.31. The maximum Gasteiger partial charge on any atom is 0.102 e. The van der Waals surface area contributed by atoms with Gasteiger partial charge in [0, 0.05) is 44.9 Å². The highest BCUT2D eigenvalue weighted by atomic mass is 16.5. The smallest absolute Gasteiger partial charge is 0.102 e. The Kier molecular flexibility index (Phi) is 3.81. The number of aromatic nitrogens is 2. The van der Waals surface area contributed by atoms with Crippen LogP contribution >= 0.6 is 0 Å². The molecule has 0 amide bonds. The van der Waals surface area contributed by atoms with Crippen molar-refractivity contribution in [2.45, 2.75) is 31.9 Å². The van der Waals surface area contributed by atoms with Gasteiger partial charge in [-0.25, -0.2) is 0 Å². The summed E-state index contributed by atoms with van der Waals surface area (Å²) in [6, 6.07) is 0. The first-order valence-electron chi connectivity index (χ1n) is 6.15. The first kappa shape index (κ1) is 12.5. The zero-order chi connectivity index (χ0) is 12.3. The van der Waals surface area contributed by atoms with Gasteiger partial charge in [0.1, 0.15) is 5.60 Å². The lowest BCUT2D eigenvalue weighted by Crippen LogP contribution is -2.40. The van der Waals surface area contributed by atoms with E-state index in [4.69, 9.17) is 4.74 Å².